The van der Waals surface area contributed by atoms with Crippen LogP contribution in [0.1, 0.15) is 22.8 Å². The topological polar surface area (TPSA) is 55.4 Å². The van der Waals surface area contributed by atoms with Crippen LogP contribution in [0.15, 0.2) is 54.6 Å². The van der Waals surface area contributed by atoms with E-state index in [0.717, 1.165) is 5.75 Å². The first-order valence-corrected chi connectivity index (χ1v) is 8.30. The highest BCUT2D eigenvalue weighted by atomic mass is 32.2. The lowest BCUT2D eigenvalue weighted by Gasteiger charge is -2.12. The molecule has 1 amide bonds. The minimum atomic E-state index is -0.394. The molecular weight excluding hydrogens is 310 g/mol. The Morgan fingerprint density at radius 1 is 1.09 bits per heavy atom. The Hall–Kier alpha value is -2.27. The zero-order valence-corrected chi connectivity index (χ0v) is 13.9. The van der Waals surface area contributed by atoms with E-state index in [0.29, 0.717) is 11.3 Å². The van der Waals surface area contributed by atoms with Crippen molar-refractivity contribution >= 4 is 29.3 Å². The summed E-state index contributed by atoms with van der Waals surface area (Å²) in [7, 11) is 1.34. The van der Waals surface area contributed by atoms with Crippen molar-refractivity contribution in [2.24, 2.45) is 0 Å². The van der Waals surface area contributed by atoms with Crippen molar-refractivity contribution in [1.29, 1.82) is 0 Å². The van der Waals surface area contributed by atoms with E-state index >= 15 is 0 Å². The fourth-order valence-corrected chi connectivity index (χ4v) is 2.77. The molecule has 0 aromatic heterocycles. The molecule has 0 radical (unpaired) electrons. The number of esters is 1. The van der Waals surface area contributed by atoms with Crippen LogP contribution in [0.25, 0.3) is 0 Å². The highest BCUT2D eigenvalue weighted by Gasteiger charge is 2.14. The Morgan fingerprint density at radius 2 is 1.74 bits per heavy atom. The van der Waals surface area contributed by atoms with Crippen molar-refractivity contribution in [3.05, 3.63) is 65.7 Å². The van der Waals surface area contributed by atoms with Gasteiger partial charge in [-0.3, -0.25) is 4.79 Å². The van der Waals surface area contributed by atoms with E-state index in [1.165, 1.54) is 12.7 Å². The summed E-state index contributed by atoms with van der Waals surface area (Å²) in [5.74, 6) is 0.336. The summed E-state index contributed by atoms with van der Waals surface area (Å²) in [5, 5.41) is 2.68. The molecule has 0 fully saturated rings. The second-order valence-electron chi connectivity index (χ2n) is 5.00. The van der Waals surface area contributed by atoms with Crippen molar-refractivity contribution in [1.82, 2.24) is 0 Å². The first-order valence-electron chi connectivity index (χ1n) is 7.25. The molecule has 0 heterocycles. The number of anilines is 1. The molecule has 0 aliphatic carbocycles. The molecule has 0 aliphatic heterocycles. The monoisotopic (exact) mass is 329 g/mol. The Kier molecular flexibility index (Phi) is 6.23. The van der Waals surface area contributed by atoms with Gasteiger partial charge in [0.05, 0.1) is 17.9 Å². The Morgan fingerprint density at radius 3 is 2.35 bits per heavy atom. The first kappa shape index (κ1) is 17.1. The van der Waals surface area contributed by atoms with Crippen molar-refractivity contribution < 1.29 is 14.3 Å². The van der Waals surface area contributed by atoms with E-state index in [1.807, 2.05) is 37.3 Å². The van der Waals surface area contributed by atoms with Gasteiger partial charge in [-0.1, -0.05) is 30.3 Å². The molecule has 0 aliphatic rings. The Bertz CT molecular complexity index is 656. The summed E-state index contributed by atoms with van der Waals surface area (Å²) in [6, 6.07) is 16.7. The molecule has 0 saturated carbocycles. The lowest BCUT2D eigenvalue weighted by atomic mass is 10.2. The molecule has 0 saturated heterocycles. The molecule has 2 aromatic carbocycles. The van der Waals surface area contributed by atoms with Crippen molar-refractivity contribution in [2.75, 3.05) is 12.4 Å². The number of nitrogens with one attached hydrogen (secondary N) is 1. The van der Waals surface area contributed by atoms with Gasteiger partial charge in [-0.05, 0) is 36.8 Å². The summed E-state index contributed by atoms with van der Waals surface area (Å²) in [5.41, 5.74) is 2.31. The summed E-state index contributed by atoms with van der Waals surface area (Å²) in [6.07, 6.45) is 0. The minimum Gasteiger partial charge on any atom is -0.465 e. The number of carbonyl (C=O) groups is 2. The third-order valence-corrected chi connectivity index (χ3v) is 4.50. The summed E-state index contributed by atoms with van der Waals surface area (Å²) in [6.45, 7) is 1.88. The Balaban J connectivity index is 1.86. The largest absolute Gasteiger partial charge is 0.465 e. The number of ether oxygens (including phenoxy) is 1. The molecule has 5 heteroatoms. The fourth-order valence-electron chi connectivity index (χ4n) is 1.92. The van der Waals surface area contributed by atoms with Crippen LogP contribution in [0.2, 0.25) is 0 Å². The van der Waals surface area contributed by atoms with E-state index in [1.54, 1.807) is 36.0 Å². The molecule has 2 rings (SSSR count). The summed E-state index contributed by atoms with van der Waals surface area (Å²) >= 11 is 1.58. The van der Waals surface area contributed by atoms with Gasteiger partial charge in [0.2, 0.25) is 5.91 Å². The predicted molar refractivity (Wildman–Crippen MR) is 93.6 cm³/mol. The van der Waals surface area contributed by atoms with E-state index < -0.39 is 5.97 Å². The molecule has 120 valence electrons. The highest BCUT2D eigenvalue weighted by Crippen LogP contribution is 2.19. The number of amides is 1. The molecule has 4 nitrogen and oxygen atoms in total. The van der Waals surface area contributed by atoms with Crippen LogP contribution in [0.5, 0.6) is 0 Å². The second-order valence-corrected chi connectivity index (χ2v) is 6.33. The number of benzene rings is 2. The van der Waals surface area contributed by atoms with E-state index in [-0.39, 0.29) is 11.2 Å². The van der Waals surface area contributed by atoms with Crippen molar-refractivity contribution in [3.8, 4) is 0 Å². The molecule has 0 bridgehead atoms. The van der Waals surface area contributed by atoms with Gasteiger partial charge in [0, 0.05) is 11.4 Å². The van der Waals surface area contributed by atoms with Crippen LogP contribution in [0.4, 0.5) is 5.69 Å². The predicted octanol–water partition coefficient (Wildman–Crippen LogP) is 3.73. The van der Waals surface area contributed by atoms with Crippen LogP contribution < -0.4 is 5.32 Å². The maximum atomic E-state index is 12.2. The number of rotatable bonds is 6. The van der Waals surface area contributed by atoms with Gasteiger partial charge in [-0.15, -0.1) is 11.8 Å². The quantitative estimate of drug-likeness (QED) is 0.820. The molecule has 0 unspecified atom stereocenters. The maximum Gasteiger partial charge on any atom is 0.337 e. The lowest BCUT2D eigenvalue weighted by molar-refractivity contribution is -0.115. The van der Waals surface area contributed by atoms with Crippen LogP contribution in [0.3, 0.4) is 0 Å². The molecule has 0 spiro atoms. The van der Waals surface area contributed by atoms with E-state index in [2.05, 4.69) is 10.1 Å². The van der Waals surface area contributed by atoms with Crippen LogP contribution >= 0.6 is 11.8 Å². The minimum absolute atomic E-state index is 0.0586. The summed E-state index contributed by atoms with van der Waals surface area (Å²) in [4.78, 5) is 23.5. The zero-order valence-electron chi connectivity index (χ0n) is 13.1. The van der Waals surface area contributed by atoms with Gasteiger partial charge in [0.25, 0.3) is 0 Å². The molecule has 23 heavy (non-hydrogen) atoms. The van der Waals surface area contributed by atoms with Gasteiger partial charge in [0.1, 0.15) is 0 Å². The van der Waals surface area contributed by atoms with Gasteiger partial charge in [-0.2, -0.15) is 0 Å². The fraction of sp³-hybridized carbons (Fsp3) is 0.222. The van der Waals surface area contributed by atoms with E-state index in [4.69, 9.17) is 0 Å². The van der Waals surface area contributed by atoms with Crippen LogP contribution in [-0.2, 0) is 15.3 Å². The van der Waals surface area contributed by atoms with Crippen LogP contribution in [-0.4, -0.2) is 24.2 Å². The number of methoxy groups -OCH3 is 1. The molecule has 1 atom stereocenters. The molecule has 1 N–H and O–H groups in total. The SMILES string of the molecule is COC(=O)c1ccc(NC(=O)[C@@H](C)SCc2ccccc2)cc1. The average molecular weight is 329 g/mol. The van der Waals surface area contributed by atoms with Crippen LogP contribution in [0, 0.1) is 0 Å². The molecule has 2 aromatic rings. The van der Waals surface area contributed by atoms with Gasteiger partial charge < -0.3 is 10.1 Å². The third kappa shape index (κ3) is 5.14. The first-order chi connectivity index (χ1) is 11.1. The molecular formula is C18H19NO3S. The third-order valence-electron chi connectivity index (χ3n) is 3.29. The lowest BCUT2D eigenvalue weighted by Crippen LogP contribution is -2.22. The van der Waals surface area contributed by atoms with E-state index in [9.17, 15) is 9.59 Å². The highest BCUT2D eigenvalue weighted by molar-refractivity contribution is 7.99. The maximum absolute atomic E-state index is 12.2. The number of carbonyl (C=O) groups excluding carboxylic acids is 2. The van der Waals surface area contributed by atoms with Crippen molar-refractivity contribution in [2.45, 2.75) is 17.9 Å². The second kappa shape index (κ2) is 8.39. The average Bonchev–Trinajstić information content (AvgIpc) is 2.60. The standard InChI is InChI=1S/C18H19NO3S/c1-13(23-12-14-6-4-3-5-7-14)17(20)19-16-10-8-15(9-11-16)18(21)22-2/h3-11,13H,12H2,1-2H3,(H,19,20)/t13-/m1/s1. The number of hydrogen-bond donors (Lipinski definition) is 1. The normalized spacial score (nSPS) is 11.6. The van der Waals surface area contributed by atoms with Gasteiger partial charge in [0.15, 0.2) is 0 Å². The zero-order chi connectivity index (χ0) is 16.7. The number of hydrogen-bond acceptors (Lipinski definition) is 4. The summed E-state index contributed by atoms with van der Waals surface area (Å²) < 4.78 is 4.64. The number of thioether (sulfide) groups is 1. The van der Waals surface area contributed by atoms with Gasteiger partial charge in [-0.25, -0.2) is 4.79 Å². The Labute approximate surface area is 140 Å². The van der Waals surface area contributed by atoms with Gasteiger partial charge >= 0.3 is 5.97 Å². The van der Waals surface area contributed by atoms with Crippen molar-refractivity contribution in [3.63, 3.8) is 0 Å². The smallest absolute Gasteiger partial charge is 0.337 e.